The molecule has 1 N–H and O–H groups in total. The first-order valence-corrected chi connectivity index (χ1v) is 2.39. The van der Waals surface area contributed by atoms with E-state index in [0.29, 0.717) is 6.54 Å². The van der Waals surface area contributed by atoms with Crippen molar-refractivity contribution in [2.45, 2.75) is 6.54 Å². The van der Waals surface area contributed by atoms with E-state index >= 15 is 0 Å². The average Bonchev–Trinajstić information content (AvgIpc) is 2.19. The normalized spacial score (nSPS) is 9.00. The highest BCUT2D eigenvalue weighted by Gasteiger charge is 1.90. The first kappa shape index (κ1) is 5.03. The lowest BCUT2D eigenvalue weighted by atomic mass is 10.7. The fraction of sp³-hybridized carbons (Fsp3) is 0.200. The van der Waals surface area contributed by atoms with Crippen LogP contribution in [0.4, 0.5) is 0 Å². The Balaban J connectivity index is 2.62. The molecule has 0 spiro atoms. The Bertz CT molecular complexity index is 157. The quantitative estimate of drug-likeness (QED) is 0.405. The number of carbonyl (C=O) groups excluding carboxylic acids is 1. The molecule has 3 nitrogen and oxygen atoms in total. The number of nitrogens with one attached hydrogen (secondary N) is 1. The Labute approximate surface area is 47.0 Å². The molecule has 8 heavy (non-hydrogen) atoms. The average molecular weight is 111 g/mol. The third-order valence-corrected chi connectivity index (χ3v) is 0.888. The number of aldehydes is 1. The second-order valence-corrected chi connectivity index (χ2v) is 1.47. The Morgan fingerprint density at radius 1 is 1.75 bits per heavy atom. The molecule has 0 bridgehead atoms. The van der Waals surface area contributed by atoms with Crippen LogP contribution in [-0.4, -0.2) is 11.3 Å². The van der Waals surface area contributed by atoms with Crippen molar-refractivity contribution in [3.63, 3.8) is 0 Å². The molecular formula is C5H7N2O+. The zero-order chi connectivity index (χ0) is 5.82. The molecule has 0 radical (unpaired) electrons. The van der Waals surface area contributed by atoms with Crippen LogP contribution in [-0.2, 0) is 11.3 Å². The number of imidazole rings is 1. The fourth-order valence-corrected chi connectivity index (χ4v) is 0.520. The third-order valence-electron chi connectivity index (χ3n) is 0.888. The van der Waals surface area contributed by atoms with Crippen LogP contribution in [0.5, 0.6) is 0 Å². The molecule has 1 aromatic rings. The van der Waals surface area contributed by atoms with Gasteiger partial charge in [0.15, 0.2) is 6.29 Å². The molecule has 1 heterocycles. The molecule has 0 amide bonds. The van der Waals surface area contributed by atoms with Crippen LogP contribution in [0.25, 0.3) is 0 Å². The molecule has 0 aliphatic rings. The molecule has 0 aliphatic heterocycles. The summed E-state index contributed by atoms with van der Waals surface area (Å²) in [4.78, 5) is 12.7. The lowest BCUT2D eigenvalue weighted by Crippen LogP contribution is -2.30. The Hall–Kier alpha value is -1.12. The lowest BCUT2D eigenvalue weighted by molar-refractivity contribution is -0.681. The number of H-pyrrole nitrogens is 1. The summed E-state index contributed by atoms with van der Waals surface area (Å²) in [5, 5.41) is 0. The van der Waals surface area contributed by atoms with Gasteiger partial charge in [0.2, 0.25) is 6.33 Å². The van der Waals surface area contributed by atoms with Gasteiger partial charge in [-0.25, -0.2) is 4.57 Å². The minimum atomic E-state index is 0.434. The van der Waals surface area contributed by atoms with Crippen molar-refractivity contribution in [2.24, 2.45) is 0 Å². The van der Waals surface area contributed by atoms with Gasteiger partial charge in [-0.05, 0) is 0 Å². The highest BCUT2D eigenvalue weighted by molar-refractivity contribution is 5.46. The van der Waals surface area contributed by atoms with Gasteiger partial charge in [0, 0.05) is 0 Å². The maximum Gasteiger partial charge on any atom is 0.241 e. The first-order chi connectivity index (χ1) is 3.93. The van der Waals surface area contributed by atoms with Gasteiger partial charge < -0.3 is 0 Å². The van der Waals surface area contributed by atoms with Crippen molar-refractivity contribution in [3.05, 3.63) is 18.7 Å². The fourth-order valence-electron chi connectivity index (χ4n) is 0.520. The maximum atomic E-state index is 9.84. The number of carbonyl (C=O) groups is 1. The molecule has 0 atom stereocenters. The largest absolute Gasteiger partial charge is 0.299 e. The van der Waals surface area contributed by atoms with Gasteiger partial charge in [-0.2, -0.15) is 0 Å². The van der Waals surface area contributed by atoms with Crippen LogP contribution >= 0.6 is 0 Å². The monoisotopic (exact) mass is 111 g/mol. The Morgan fingerprint density at radius 3 is 3.12 bits per heavy atom. The number of hydrogen-bond acceptors (Lipinski definition) is 1. The Morgan fingerprint density at radius 2 is 2.62 bits per heavy atom. The summed E-state index contributed by atoms with van der Waals surface area (Å²) in [6.45, 7) is 0.434. The van der Waals surface area contributed by atoms with E-state index in [1.54, 1.807) is 23.3 Å². The van der Waals surface area contributed by atoms with E-state index in [4.69, 9.17) is 0 Å². The van der Waals surface area contributed by atoms with Crippen molar-refractivity contribution >= 4 is 6.29 Å². The third kappa shape index (κ3) is 0.932. The number of nitrogens with zero attached hydrogens (tertiary/aromatic N) is 1. The Kier molecular flexibility index (Phi) is 1.42. The molecule has 3 heteroatoms. The van der Waals surface area contributed by atoms with Gasteiger partial charge in [-0.15, -0.1) is 0 Å². The van der Waals surface area contributed by atoms with Crippen LogP contribution in [0, 0.1) is 0 Å². The number of aromatic amines is 1. The number of rotatable bonds is 2. The molecule has 0 unspecified atom stereocenters. The maximum absolute atomic E-state index is 9.84. The second kappa shape index (κ2) is 2.26. The number of aromatic nitrogens is 2. The van der Waals surface area contributed by atoms with Crippen molar-refractivity contribution in [1.82, 2.24) is 4.98 Å². The van der Waals surface area contributed by atoms with E-state index < -0.39 is 0 Å². The topological polar surface area (TPSA) is 36.7 Å². The molecular weight excluding hydrogens is 104 g/mol. The summed E-state index contributed by atoms with van der Waals surface area (Å²) in [5.74, 6) is 0. The molecule has 0 aliphatic carbocycles. The van der Waals surface area contributed by atoms with Crippen molar-refractivity contribution in [1.29, 1.82) is 0 Å². The minimum absolute atomic E-state index is 0.434. The molecule has 0 aromatic carbocycles. The SMILES string of the molecule is O=CC[n+]1cc[nH]c1. The molecule has 0 saturated heterocycles. The number of hydrogen-bond donors (Lipinski definition) is 1. The zero-order valence-corrected chi connectivity index (χ0v) is 4.37. The predicted molar refractivity (Wildman–Crippen MR) is 27.1 cm³/mol. The van der Waals surface area contributed by atoms with Crippen LogP contribution in [0.15, 0.2) is 18.7 Å². The van der Waals surface area contributed by atoms with Gasteiger partial charge in [0.25, 0.3) is 0 Å². The second-order valence-electron chi connectivity index (χ2n) is 1.47. The summed E-state index contributed by atoms with van der Waals surface area (Å²) < 4.78 is 1.76. The molecule has 0 fully saturated rings. The summed E-state index contributed by atoms with van der Waals surface area (Å²) in [7, 11) is 0. The standard InChI is InChI=1S/C5H6N2O/c8-4-3-7-2-1-6-5-7/h1-2,4-5H,3H2/p+1. The van der Waals surface area contributed by atoms with Gasteiger partial charge >= 0.3 is 0 Å². The van der Waals surface area contributed by atoms with E-state index in [2.05, 4.69) is 4.98 Å². The van der Waals surface area contributed by atoms with E-state index in [1.807, 2.05) is 0 Å². The summed E-state index contributed by atoms with van der Waals surface area (Å²) in [6.07, 6.45) is 6.15. The lowest BCUT2D eigenvalue weighted by Gasteiger charge is -1.78. The van der Waals surface area contributed by atoms with Crippen LogP contribution in [0.1, 0.15) is 0 Å². The minimum Gasteiger partial charge on any atom is -0.299 e. The smallest absolute Gasteiger partial charge is 0.241 e. The van der Waals surface area contributed by atoms with Gasteiger partial charge in [0.05, 0.1) is 0 Å². The van der Waals surface area contributed by atoms with Crippen molar-refractivity contribution in [3.8, 4) is 0 Å². The summed E-state index contributed by atoms with van der Waals surface area (Å²) in [5.41, 5.74) is 0. The molecule has 1 aromatic heterocycles. The van der Waals surface area contributed by atoms with E-state index in [1.165, 1.54) is 0 Å². The highest BCUT2D eigenvalue weighted by atomic mass is 16.1. The predicted octanol–water partition coefficient (Wildman–Crippen LogP) is -0.499. The van der Waals surface area contributed by atoms with Gasteiger partial charge in [-0.1, -0.05) is 0 Å². The van der Waals surface area contributed by atoms with E-state index in [-0.39, 0.29) is 0 Å². The van der Waals surface area contributed by atoms with Crippen LogP contribution in [0.3, 0.4) is 0 Å². The van der Waals surface area contributed by atoms with Crippen LogP contribution < -0.4 is 4.57 Å². The van der Waals surface area contributed by atoms with Gasteiger partial charge in [-0.3, -0.25) is 9.78 Å². The van der Waals surface area contributed by atoms with Crippen LogP contribution in [0.2, 0.25) is 0 Å². The van der Waals surface area contributed by atoms with Gasteiger partial charge in [0.1, 0.15) is 18.9 Å². The van der Waals surface area contributed by atoms with Crippen molar-refractivity contribution < 1.29 is 9.36 Å². The molecule has 42 valence electrons. The van der Waals surface area contributed by atoms with Crippen molar-refractivity contribution in [2.75, 3.05) is 0 Å². The first-order valence-electron chi connectivity index (χ1n) is 2.39. The summed E-state index contributed by atoms with van der Waals surface area (Å²) >= 11 is 0. The molecule has 0 saturated carbocycles. The zero-order valence-electron chi connectivity index (χ0n) is 4.37. The van der Waals surface area contributed by atoms with E-state index in [9.17, 15) is 4.79 Å². The highest BCUT2D eigenvalue weighted by Crippen LogP contribution is 1.65. The molecule has 1 rings (SSSR count). The van der Waals surface area contributed by atoms with E-state index in [0.717, 1.165) is 6.29 Å². The summed E-state index contributed by atoms with van der Waals surface area (Å²) in [6, 6.07) is 0.